The number of carbonyl (C=O) groups is 1. The highest BCUT2D eigenvalue weighted by Gasteiger charge is 2.01. The quantitative estimate of drug-likeness (QED) is 0.648. The molecule has 2 aromatic rings. The summed E-state index contributed by atoms with van der Waals surface area (Å²) in [6.45, 7) is 0.00364. The number of hydrogen-bond acceptors (Lipinski definition) is 3. The van der Waals surface area contributed by atoms with Gasteiger partial charge in [-0.2, -0.15) is 5.10 Å². The van der Waals surface area contributed by atoms with E-state index in [4.69, 9.17) is 0 Å². The highest BCUT2D eigenvalue weighted by atomic mass is 16.1. The molecule has 0 bridgehead atoms. The molecule has 1 heterocycles. The van der Waals surface area contributed by atoms with Crippen molar-refractivity contribution in [3.63, 3.8) is 0 Å². The first-order chi connectivity index (χ1) is 6.83. The molecule has 4 heteroatoms. The molecule has 0 fully saturated rings. The van der Waals surface area contributed by atoms with Crippen molar-refractivity contribution in [1.29, 1.82) is 0 Å². The predicted octanol–water partition coefficient (Wildman–Crippen LogP) is 0.595. The summed E-state index contributed by atoms with van der Waals surface area (Å²) in [7, 11) is 0. The third-order valence-corrected chi connectivity index (χ3v) is 2.01. The van der Waals surface area contributed by atoms with Crippen LogP contribution in [0.15, 0.2) is 35.3 Å². The smallest absolute Gasteiger partial charge is 0.275 e. The van der Waals surface area contributed by atoms with Crippen LogP contribution in [-0.4, -0.2) is 16.1 Å². The summed E-state index contributed by atoms with van der Waals surface area (Å²) >= 11 is 0. The Labute approximate surface area is 79.8 Å². The van der Waals surface area contributed by atoms with Crippen LogP contribution >= 0.6 is 0 Å². The van der Waals surface area contributed by atoms with Gasteiger partial charge in [0.1, 0.15) is 12.8 Å². The summed E-state index contributed by atoms with van der Waals surface area (Å²) in [5, 5.41) is 5.25. The molecule has 2 rings (SSSR count). The monoisotopic (exact) mass is 188 g/mol. The highest BCUT2D eigenvalue weighted by molar-refractivity contribution is 5.80. The van der Waals surface area contributed by atoms with Gasteiger partial charge in [-0.1, -0.05) is 18.2 Å². The van der Waals surface area contributed by atoms with E-state index >= 15 is 0 Å². The predicted molar refractivity (Wildman–Crippen MR) is 52.1 cm³/mol. The minimum absolute atomic E-state index is 0.00364. The standard InChI is InChI=1S/C10H8N2O2/c13-6-5-12-10(14)9-4-2-1-3-8(9)7-11-12/h1-4,6-7H,5H2. The second kappa shape index (κ2) is 3.41. The van der Waals surface area contributed by atoms with E-state index in [0.717, 1.165) is 10.1 Å². The molecular formula is C10H8N2O2. The van der Waals surface area contributed by atoms with Gasteiger partial charge < -0.3 is 4.79 Å². The van der Waals surface area contributed by atoms with E-state index in [-0.39, 0.29) is 12.1 Å². The van der Waals surface area contributed by atoms with Crippen molar-refractivity contribution >= 4 is 17.1 Å². The highest BCUT2D eigenvalue weighted by Crippen LogP contribution is 2.05. The Balaban J connectivity index is 2.75. The Morgan fingerprint density at radius 3 is 2.93 bits per heavy atom. The van der Waals surface area contributed by atoms with E-state index < -0.39 is 0 Å². The first-order valence-corrected chi connectivity index (χ1v) is 4.21. The van der Waals surface area contributed by atoms with E-state index in [1.807, 2.05) is 12.1 Å². The first-order valence-electron chi connectivity index (χ1n) is 4.21. The van der Waals surface area contributed by atoms with Crippen molar-refractivity contribution in [2.45, 2.75) is 6.54 Å². The zero-order valence-corrected chi connectivity index (χ0v) is 7.38. The van der Waals surface area contributed by atoms with Crippen molar-refractivity contribution < 1.29 is 4.79 Å². The summed E-state index contributed by atoms with van der Waals surface area (Å²) < 4.78 is 1.15. The number of aromatic nitrogens is 2. The van der Waals surface area contributed by atoms with Crippen LogP contribution in [0.25, 0.3) is 10.8 Å². The fourth-order valence-corrected chi connectivity index (χ4v) is 1.33. The molecule has 0 amide bonds. The van der Waals surface area contributed by atoms with E-state index in [1.54, 1.807) is 18.3 Å². The zero-order chi connectivity index (χ0) is 9.97. The fourth-order valence-electron chi connectivity index (χ4n) is 1.33. The number of carbonyl (C=O) groups excluding carboxylic acids is 1. The number of aldehydes is 1. The van der Waals surface area contributed by atoms with Gasteiger partial charge >= 0.3 is 0 Å². The maximum Gasteiger partial charge on any atom is 0.275 e. The van der Waals surface area contributed by atoms with Gasteiger partial charge in [0.15, 0.2) is 0 Å². The minimum Gasteiger partial charge on any atom is -0.301 e. The van der Waals surface area contributed by atoms with Crippen LogP contribution < -0.4 is 5.56 Å². The van der Waals surface area contributed by atoms with Crippen LogP contribution in [0, 0.1) is 0 Å². The normalized spacial score (nSPS) is 10.3. The lowest BCUT2D eigenvalue weighted by molar-refractivity contribution is -0.108. The second-order valence-corrected chi connectivity index (χ2v) is 2.89. The van der Waals surface area contributed by atoms with Gasteiger partial charge in [0.25, 0.3) is 5.56 Å². The Morgan fingerprint density at radius 2 is 2.14 bits per heavy atom. The number of benzene rings is 1. The van der Waals surface area contributed by atoms with E-state index in [0.29, 0.717) is 11.7 Å². The van der Waals surface area contributed by atoms with E-state index in [1.165, 1.54) is 0 Å². The van der Waals surface area contributed by atoms with Crippen molar-refractivity contribution in [1.82, 2.24) is 9.78 Å². The largest absolute Gasteiger partial charge is 0.301 e. The van der Waals surface area contributed by atoms with Gasteiger partial charge in [-0.15, -0.1) is 0 Å². The average molecular weight is 188 g/mol. The number of hydrogen-bond donors (Lipinski definition) is 0. The van der Waals surface area contributed by atoms with Gasteiger partial charge in [-0.05, 0) is 6.07 Å². The maximum atomic E-state index is 11.7. The molecule has 0 saturated heterocycles. The van der Waals surface area contributed by atoms with Crippen LogP contribution in [0.5, 0.6) is 0 Å². The number of nitrogens with zero attached hydrogens (tertiary/aromatic N) is 2. The molecule has 4 nitrogen and oxygen atoms in total. The third-order valence-electron chi connectivity index (χ3n) is 2.01. The SMILES string of the molecule is O=CCn1ncc2ccccc2c1=O. The fraction of sp³-hybridized carbons (Fsp3) is 0.100. The molecule has 0 aliphatic rings. The lowest BCUT2D eigenvalue weighted by Crippen LogP contribution is -2.23. The lowest BCUT2D eigenvalue weighted by Gasteiger charge is -2.00. The summed E-state index contributed by atoms with van der Waals surface area (Å²) in [4.78, 5) is 21.9. The lowest BCUT2D eigenvalue weighted by atomic mass is 10.2. The zero-order valence-electron chi connectivity index (χ0n) is 7.38. The van der Waals surface area contributed by atoms with Crippen molar-refractivity contribution in [3.8, 4) is 0 Å². The van der Waals surface area contributed by atoms with Gasteiger partial charge in [0.2, 0.25) is 0 Å². The van der Waals surface area contributed by atoms with Crippen LogP contribution in [0.2, 0.25) is 0 Å². The number of fused-ring (bicyclic) bond motifs is 1. The summed E-state index contributed by atoms with van der Waals surface area (Å²) in [5.74, 6) is 0. The molecule has 0 aliphatic heterocycles. The molecule has 1 aromatic heterocycles. The van der Waals surface area contributed by atoms with Crippen LogP contribution in [0.4, 0.5) is 0 Å². The molecule has 0 aliphatic carbocycles. The average Bonchev–Trinajstić information content (AvgIpc) is 2.23. The summed E-state index contributed by atoms with van der Waals surface area (Å²) in [6, 6.07) is 7.16. The molecule has 14 heavy (non-hydrogen) atoms. The molecule has 1 aromatic carbocycles. The van der Waals surface area contributed by atoms with Crippen LogP contribution in [0.3, 0.4) is 0 Å². The van der Waals surface area contributed by atoms with E-state index in [2.05, 4.69) is 5.10 Å². The van der Waals surface area contributed by atoms with Crippen LogP contribution in [-0.2, 0) is 11.3 Å². The number of rotatable bonds is 2. The molecule has 0 atom stereocenters. The van der Waals surface area contributed by atoms with E-state index in [9.17, 15) is 9.59 Å². The van der Waals surface area contributed by atoms with Gasteiger partial charge in [0.05, 0.1) is 11.6 Å². The van der Waals surface area contributed by atoms with Gasteiger partial charge in [-0.25, -0.2) is 4.68 Å². The van der Waals surface area contributed by atoms with Crippen molar-refractivity contribution in [3.05, 3.63) is 40.8 Å². The second-order valence-electron chi connectivity index (χ2n) is 2.89. The van der Waals surface area contributed by atoms with Crippen LogP contribution in [0.1, 0.15) is 0 Å². The summed E-state index contributed by atoms with van der Waals surface area (Å²) in [6.07, 6.45) is 2.24. The Morgan fingerprint density at radius 1 is 1.36 bits per heavy atom. The van der Waals surface area contributed by atoms with Crippen molar-refractivity contribution in [2.75, 3.05) is 0 Å². The molecule has 70 valence electrons. The molecule has 0 radical (unpaired) electrons. The Bertz CT molecular complexity index is 531. The minimum atomic E-state index is -0.227. The van der Waals surface area contributed by atoms with Gasteiger partial charge in [0, 0.05) is 5.39 Å². The molecule has 0 unspecified atom stereocenters. The van der Waals surface area contributed by atoms with Gasteiger partial charge in [-0.3, -0.25) is 4.79 Å². The molecule has 0 N–H and O–H groups in total. The topological polar surface area (TPSA) is 52.0 Å². The van der Waals surface area contributed by atoms with Crippen molar-refractivity contribution in [2.24, 2.45) is 0 Å². The maximum absolute atomic E-state index is 11.7. The molecular weight excluding hydrogens is 180 g/mol. The molecule has 0 spiro atoms. The first kappa shape index (κ1) is 8.62. The Hall–Kier alpha value is -1.97. The molecule has 0 saturated carbocycles. The third kappa shape index (κ3) is 1.31. The Kier molecular flexibility index (Phi) is 2.10. The summed E-state index contributed by atoms with van der Waals surface area (Å²) in [5.41, 5.74) is -0.227.